The second-order valence-electron chi connectivity index (χ2n) is 6.75. The Morgan fingerprint density at radius 1 is 1.09 bits per heavy atom. The average Bonchev–Trinajstić information content (AvgIpc) is 2.77. The van der Waals surface area contributed by atoms with Crippen molar-refractivity contribution in [2.45, 2.75) is 20.4 Å². The van der Waals surface area contributed by atoms with Crippen LogP contribution in [0.15, 0.2) is 70.7 Å². The van der Waals surface area contributed by atoms with E-state index in [1.807, 2.05) is 26.0 Å². The summed E-state index contributed by atoms with van der Waals surface area (Å²) in [6.07, 6.45) is 3.09. The molecule has 8 heteroatoms. The number of halogens is 1. The Labute approximate surface area is 191 Å². The second kappa shape index (κ2) is 11.2. The summed E-state index contributed by atoms with van der Waals surface area (Å²) in [7, 11) is 0. The smallest absolute Gasteiger partial charge is 0.276 e. The molecular formula is C24H24ClN3O4. The van der Waals surface area contributed by atoms with Crippen LogP contribution in [-0.4, -0.2) is 29.9 Å². The number of nitrogens with zero attached hydrogens (tertiary/aromatic N) is 2. The highest BCUT2D eigenvalue weighted by Crippen LogP contribution is 2.24. The molecule has 32 heavy (non-hydrogen) atoms. The largest absolute Gasteiger partial charge is 0.494 e. The zero-order chi connectivity index (χ0) is 22.9. The molecule has 1 aromatic heterocycles. The minimum absolute atomic E-state index is 0.0107. The molecule has 0 radical (unpaired) electrons. The van der Waals surface area contributed by atoms with Crippen LogP contribution >= 0.6 is 11.6 Å². The van der Waals surface area contributed by atoms with Crippen molar-refractivity contribution in [1.29, 1.82) is 0 Å². The van der Waals surface area contributed by atoms with Crippen molar-refractivity contribution in [3.05, 3.63) is 92.9 Å². The van der Waals surface area contributed by atoms with E-state index in [0.717, 1.165) is 5.56 Å². The number of rotatable bonds is 9. The predicted molar refractivity (Wildman–Crippen MR) is 125 cm³/mol. The number of aromatic nitrogens is 1. The summed E-state index contributed by atoms with van der Waals surface area (Å²) >= 11 is 6.01. The Kier molecular flexibility index (Phi) is 8.05. The van der Waals surface area contributed by atoms with Crippen molar-refractivity contribution in [1.82, 2.24) is 9.99 Å². The predicted octanol–water partition coefficient (Wildman–Crippen LogP) is 4.11. The molecule has 0 fully saturated rings. The van der Waals surface area contributed by atoms with Crippen LogP contribution in [0.25, 0.3) is 0 Å². The van der Waals surface area contributed by atoms with Gasteiger partial charge in [0.15, 0.2) is 0 Å². The van der Waals surface area contributed by atoms with Crippen LogP contribution in [0.5, 0.6) is 11.5 Å². The Bertz CT molecular complexity index is 1170. The lowest BCUT2D eigenvalue weighted by atomic mass is 10.2. The molecule has 1 heterocycles. The van der Waals surface area contributed by atoms with E-state index in [4.69, 9.17) is 21.1 Å². The third kappa shape index (κ3) is 5.98. The lowest BCUT2D eigenvalue weighted by Gasteiger charge is -2.10. The number of hydrogen-bond donors (Lipinski definition) is 1. The van der Waals surface area contributed by atoms with E-state index in [0.29, 0.717) is 41.8 Å². The standard InChI is InChI=1S/C24H24ClN3O4/c1-3-31-20-11-10-18(22(14-20)32-4-2)15-26-27-23(29)21-9-6-12-28(24(21)30)16-17-7-5-8-19(25)13-17/h5-15H,3-4,16H2,1-2H3,(H,27,29)/b26-15-. The molecule has 7 nitrogen and oxygen atoms in total. The molecule has 0 aliphatic carbocycles. The maximum Gasteiger partial charge on any atom is 0.276 e. The molecule has 0 saturated heterocycles. The average molecular weight is 454 g/mol. The van der Waals surface area contributed by atoms with Crippen molar-refractivity contribution in [2.75, 3.05) is 13.2 Å². The van der Waals surface area contributed by atoms with Gasteiger partial charge < -0.3 is 14.0 Å². The molecule has 0 atom stereocenters. The number of ether oxygens (including phenoxy) is 2. The molecule has 1 N–H and O–H groups in total. The molecule has 0 aliphatic heterocycles. The number of carbonyl (C=O) groups excluding carboxylic acids is 1. The van der Waals surface area contributed by atoms with Crippen LogP contribution in [0.1, 0.15) is 35.3 Å². The van der Waals surface area contributed by atoms with E-state index < -0.39 is 11.5 Å². The maximum absolute atomic E-state index is 12.8. The summed E-state index contributed by atoms with van der Waals surface area (Å²) in [6.45, 7) is 5.09. The summed E-state index contributed by atoms with van der Waals surface area (Å²) in [5.74, 6) is 0.664. The zero-order valence-electron chi connectivity index (χ0n) is 17.9. The van der Waals surface area contributed by atoms with Crippen LogP contribution in [0.2, 0.25) is 5.02 Å². The first-order chi connectivity index (χ1) is 15.5. The molecule has 166 valence electrons. The maximum atomic E-state index is 12.8. The molecule has 2 aromatic carbocycles. The molecule has 0 bridgehead atoms. The number of hydrogen-bond acceptors (Lipinski definition) is 5. The lowest BCUT2D eigenvalue weighted by molar-refractivity contribution is 0.0953. The van der Waals surface area contributed by atoms with Crippen LogP contribution < -0.4 is 20.5 Å². The van der Waals surface area contributed by atoms with Crippen LogP contribution in [-0.2, 0) is 6.54 Å². The Hall–Kier alpha value is -3.58. The van der Waals surface area contributed by atoms with Crippen LogP contribution in [0, 0.1) is 0 Å². The topological polar surface area (TPSA) is 81.9 Å². The first kappa shape index (κ1) is 23.1. The Morgan fingerprint density at radius 3 is 2.66 bits per heavy atom. The molecular weight excluding hydrogens is 430 g/mol. The molecule has 0 saturated carbocycles. The summed E-state index contributed by atoms with van der Waals surface area (Å²) < 4.78 is 12.6. The fraction of sp³-hybridized carbons (Fsp3) is 0.208. The third-order valence-electron chi connectivity index (χ3n) is 4.47. The summed E-state index contributed by atoms with van der Waals surface area (Å²) in [6, 6.07) is 15.7. The van der Waals surface area contributed by atoms with Gasteiger partial charge in [0, 0.05) is 22.8 Å². The van der Waals surface area contributed by atoms with Gasteiger partial charge in [-0.05, 0) is 55.8 Å². The highest BCUT2D eigenvalue weighted by atomic mass is 35.5. The van der Waals surface area contributed by atoms with Gasteiger partial charge in [-0.2, -0.15) is 5.10 Å². The third-order valence-corrected chi connectivity index (χ3v) is 4.71. The van der Waals surface area contributed by atoms with E-state index in [-0.39, 0.29) is 5.56 Å². The molecule has 3 aromatic rings. The van der Waals surface area contributed by atoms with Gasteiger partial charge in [-0.25, -0.2) is 5.43 Å². The molecule has 0 spiro atoms. The van der Waals surface area contributed by atoms with E-state index >= 15 is 0 Å². The van der Waals surface area contributed by atoms with E-state index in [1.165, 1.54) is 16.8 Å². The van der Waals surface area contributed by atoms with Crippen molar-refractivity contribution < 1.29 is 14.3 Å². The van der Waals surface area contributed by atoms with E-state index in [1.54, 1.807) is 42.6 Å². The molecule has 1 amide bonds. The normalized spacial score (nSPS) is 10.8. The van der Waals surface area contributed by atoms with Gasteiger partial charge in [-0.3, -0.25) is 9.59 Å². The van der Waals surface area contributed by atoms with Gasteiger partial charge in [0.05, 0.1) is 26.0 Å². The zero-order valence-corrected chi connectivity index (χ0v) is 18.6. The second-order valence-corrected chi connectivity index (χ2v) is 7.19. The van der Waals surface area contributed by atoms with E-state index in [2.05, 4.69) is 10.5 Å². The lowest BCUT2D eigenvalue weighted by Crippen LogP contribution is -2.30. The number of carbonyl (C=O) groups is 1. The first-order valence-corrected chi connectivity index (χ1v) is 10.6. The van der Waals surface area contributed by atoms with Crippen LogP contribution in [0.3, 0.4) is 0 Å². The Morgan fingerprint density at radius 2 is 1.91 bits per heavy atom. The van der Waals surface area contributed by atoms with Crippen LogP contribution in [0.4, 0.5) is 0 Å². The van der Waals surface area contributed by atoms with Gasteiger partial charge in [0.25, 0.3) is 11.5 Å². The van der Waals surface area contributed by atoms with Crippen molar-refractivity contribution in [2.24, 2.45) is 5.10 Å². The molecule has 0 aliphatic rings. The summed E-state index contributed by atoms with van der Waals surface area (Å²) in [4.78, 5) is 25.3. The van der Waals surface area contributed by atoms with Crippen molar-refractivity contribution >= 4 is 23.7 Å². The van der Waals surface area contributed by atoms with Gasteiger partial charge >= 0.3 is 0 Å². The fourth-order valence-corrected chi connectivity index (χ4v) is 3.26. The van der Waals surface area contributed by atoms with Gasteiger partial charge in [0.2, 0.25) is 0 Å². The highest BCUT2D eigenvalue weighted by Gasteiger charge is 2.12. The number of benzene rings is 2. The number of nitrogens with one attached hydrogen (secondary N) is 1. The van der Waals surface area contributed by atoms with Crippen molar-refractivity contribution in [3.8, 4) is 11.5 Å². The van der Waals surface area contributed by atoms with Crippen molar-refractivity contribution in [3.63, 3.8) is 0 Å². The molecule has 3 rings (SSSR count). The molecule has 0 unspecified atom stereocenters. The number of pyridine rings is 1. The minimum atomic E-state index is -0.601. The summed E-state index contributed by atoms with van der Waals surface area (Å²) in [5, 5.41) is 4.57. The van der Waals surface area contributed by atoms with E-state index in [9.17, 15) is 9.59 Å². The first-order valence-electron chi connectivity index (χ1n) is 10.2. The summed E-state index contributed by atoms with van der Waals surface area (Å²) in [5.41, 5.74) is 3.50. The highest BCUT2D eigenvalue weighted by molar-refractivity contribution is 6.30. The van der Waals surface area contributed by atoms with Gasteiger partial charge in [-0.15, -0.1) is 0 Å². The number of amides is 1. The Balaban J connectivity index is 1.74. The van der Waals surface area contributed by atoms with Gasteiger partial charge in [-0.1, -0.05) is 23.7 Å². The SMILES string of the molecule is CCOc1ccc(/C=N\NC(=O)c2cccn(Cc3cccc(Cl)c3)c2=O)c(OCC)c1. The monoisotopic (exact) mass is 453 g/mol. The minimum Gasteiger partial charge on any atom is -0.494 e. The number of hydrazone groups is 1. The fourth-order valence-electron chi connectivity index (χ4n) is 3.05. The van der Waals surface area contributed by atoms with Gasteiger partial charge in [0.1, 0.15) is 17.1 Å². The quantitative estimate of drug-likeness (QED) is 0.390.